The molecule has 0 aliphatic carbocycles. The number of aromatic nitrogens is 2. The van der Waals surface area contributed by atoms with Crippen molar-refractivity contribution < 1.29 is 31.1 Å². The van der Waals surface area contributed by atoms with Gasteiger partial charge in [0.1, 0.15) is 5.69 Å². The zero-order chi connectivity index (χ0) is 25.6. The van der Waals surface area contributed by atoms with Gasteiger partial charge in [-0.05, 0) is 30.2 Å². The van der Waals surface area contributed by atoms with Crippen LogP contribution in [0.4, 0.5) is 13.2 Å². The lowest BCUT2D eigenvalue weighted by molar-refractivity contribution is -0.141. The molecule has 0 amide bonds. The van der Waals surface area contributed by atoms with Crippen molar-refractivity contribution in [2.45, 2.75) is 44.1 Å². The summed E-state index contributed by atoms with van der Waals surface area (Å²) in [6.07, 6.45) is 2.00. The van der Waals surface area contributed by atoms with E-state index in [1.807, 2.05) is 24.0 Å². The molecule has 2 aromatic rings. The number of nitrogens with zero attached hydrogens (tertiary/aromatic N) is 3. The molecule has 0 saturated carbocycles. The van der Waals surface area contributed by atoms with Gasteiger partial charge in [-0.15, -0.1) is 0 Å². The Morgan fingerprint density at radius 3 is 2.46 bits per heavy atom. The molecule has 3 rings (SSSR count). The van der Waals surface area contributed by atoms with Gasteiger partial charge < -0.3 is 14.4 Å². The molecule has 0 atom stereocenters. The highest BCUT2D eigenvalue weighted by Gasteiger charge is 2.35. The number of unbranched alkanes of at least 4 members (excludes halogenated alkanes) is 2. The molecule has 190 valence electrons. The lowest BCUT2D eigenvalue weighted by Crippen LogP contribution is -2.21. The van der Waals surface area contributed by atoms with Gasteiger partial charge in [-0.2, -0.15) is 13.2 Å². The van der Waals surface area contributed by atoms with E-state index in [2.05, 4.69) is 9.97 Å². The molecule has 0 unspecified atom stereocenters. The maximum Gasteiger partial charge on any atom is 0.433 e. The SMILES string of the molecule is CCCCCS(=O)(=O)c1nc(C2=CN(Cc3ccc(OC)c(OC)c3)CC=C2)cc(C(F)(F)F)n1. The first-order valence-electron chi connectivity index (χ1n) is 11.1. The molecule has 0 saturated heterocycles. The summed E-state index contributed by atoms with van der Waals surface area (Å²) >= 11 is 0. The van der Waals surface area contributed by atoms with Crippen molar-refractivity contribution in [2.24, 2.45) is 0 Å². The molecular weight excluding hydrogens is 483 g/mol. The number of sulfone groups is 1. The van der Waals surface area contributed by atoms with E-state index in [4.69, 9.17) is 9.47 Å². The lowest BCUT2D eigenvalue weighted by Gasteiger charge is -2.24. The Balaban J connectivity index is 1.94. The van der Waals surface area contributed by atoms with Gasteiger partial charge in [-0.3, -0.25) is 0 Å². The fraction of sp³-hybridized carbons (Fsp3) is 0.417. The third-order valence-corrected chi connectivity index (χ3v) is 6.94. The van der Waals surface area contributed by atoms with Crippen molar-refractivity contribution in [3.05, 3.63) is 59.6 Å². The zero-order valence-electron chi connectivity index (χ0n) is 19.8. The minimum absolute atomic E-state index is 0.102. The quantitative estimate of drug-likeness (QED) is 0.332. The molecule has 1 aromatic heterocycles. The number of benzene rings is 1. The first-order valence-corrected chi connectivity index (χ1v) is 12.8. The van der Waals surface area contributed by atoms with Crippen LogP contribution in [0.1, 0.15) is 43.1 Å². The van der Waals surface area contributed by atoms with Crippen LogP contribution >= 0.6 is 0 Å². The molecule has 7 nitrogen and oxygen atoms in total. The summed E-state index contributed by atoms with van der Waals surface area (Å²) in [5, 5.41) is -0.801. The van der Waals surface area contributed by atoms with Crippen LogP contribution in [0.25, 0.3) is 5.57 Å². The molecule has 1 aliphatic heterocycles. The number of methoxy groups -OCH3 is 2. The summed E-state index contributed by atoms with van der Waals surface area (Å²) in [7, 11) is -0.995. The third kappa shape index (κ3) is 6.74. The Bertz CT molecular complexity index is 1210. The number of ether oxygens (including phenoxy) is 2. The van der Waals surface area contributed by atoms with Crippen LogP contribution in [-0.2, 0) is 22.6 Å². The number of allylic oxidation sites excluding steroid dienone is 2. The first kappa shape index (κ1) is 26.5. The van der Waals surface area contributed by atoms with Crippen LogP contribution < -0.4 is 9.47 Å². The fourth-order valence-corrected chi connectivity index (χ4v) is 4.81. The van der Waals surface area contributed by atoms with Crippen LogP contribution in [-0.4, -0.2) is 49.8 Å². The summed E-state index contributed by atoms with van der Waals surface area (Å²) in [5.41, 5.74) is -0.140. The Kier molecular flexibility index (Phi) is 8.42. The maximum atomic E-state index is 13.6. The summed E-state index contributed by atoms with van der Waals surface area (Å²) in [4.78, 5) is 9.26. The van der Waals surface area contributed by atoms with Gasteiger partial charge in [0.25, 0.3) is 0 Å². The predicted octanol–water partition coefficient (Wildman–Crippen LogP) is 4.89. The van der Waals surface area contributed by atoms with Crippen molar-refractivity contribution in [3.8, 4) is 11.5 Å². The number of halogens is 3. The van der Waals surface area contributed by atoms with Crippen molar-refractivity contribution >= 4 is 15.4 Å². The van der Waals surface area contributed by atoms with Crippen LogP contribution in [0, 0.1) is 0 Å². The second-order valence-electron chi connectivity index (χ2n) is 8.05. The molecule has 0 bridgehead atoms. The second kappa shape index (κ2) is 11.1. The van der Waals surface area contributed by atoms with Crippen LogP contribution in [0.3, 0.4) is 0 Å². The predicted molar refractivity (Wildman–Crippen MR) is 126 cm³/mol. The van der Waals surface area contributed by atoms with E-state index < -0.39 is 26.9 Å². The number of hydrogen-bond donors (Lipinski definition) is 0. The Hall–Kier alpha value is -3.08. The van der Waals surface area contributed by atoms with Gasteiger partial charge in [0.15, 0.2) is 11.5 Å². The molecule has 0 fully saturated rings. The third-order valence-electron chi connectivity index (χ3n) is 5.38. The highest BCUT2D eigenvalue weighted by Crippen LogP contribution is 2.32. The van der Waals surface area contributed by atoms with Gasteiger partial charge in [0, 0.05) is 24.9 Å². The summed E-state index contributed by atoms with van der Waals surface area (Å²) in [5.74, 6) is 0.840. The summed E-state index contributed by atoms with van der Waals surface area (Å²) < 4.78 is 76.6. The van der Waals surface area contributed by atoms with E-state index >= 15 is 0 Å². The minimum Gasteiger partial charge on any atom is -0.493 e. The lowest BCUT2D eigenvalue weighted by atomic mass is 10.1. The second-order valence-corrected chi connectivity index (χ2v) is 10.1. The van der Waals surface area contributed by atoms with Gasteiger partial charge in [0.05, 0.1) is 25.7 Å². The highest BCUT2D eigenvalue weighted by molar-refractivity contribution is 7.91. The van der Waals surface area contributed by atoms with Crippen molar-refractivity contribution in [2.75, 3.05) is 26.5 Å². The largest absolute Gasteiger partial charge is 0.493 e. The number of alkyl halides is 3. The maximum absolute atomic E-state index is 13.6. The molecule has 1 aliphatic rings. The van der Waals surface area contributed by atoms with Gasteiger partial charge in [0.2, 0.25) is 15.0 Å². The van der Waals surface area contributed by atoms with E-state index in [9.17, 15) is 21.6 Å². The molecular formula is C24H28F3N3O4S. The van der Waals surface area contributed by atoms with Gasteiger partial charge in [-0.1, -0.05) is 38.0 Å². The van der Waals surface area contributed by atoms with E-state index in [1.54, 1.807) is 24.4 Å². The standard InChI is InChI=1S/C24H28F3N3O4S/c1-4-5-6-12-35(31,32)23-28-19(14-22(29-23)24(25,26)27)18-8-7-11-30(16-18)15-17-9-10-20(33-2)21(13-17)34-3/h7-10,13-14,16H,4-6,11-12,15H2,1-3H3. The van der Waals surface area contributed by atoms with E-state index in [-0.39, 0.29) is 11.4 Å². The van der Waals surface area contributed by atoms with Crippen molar-refractivity contribution in [3.63, 3.8) is 0 Å². The zero-order valence-corrected chi connectivity index (χ0v) is 20.6. The van der Waals surface area contributed by atoms with Crippen molar-refractivity contribution in [1.29, 1.82) is 0 Å². The van der Waals surface area contributed by atoms with E-state index in [0.717, 1.165) is 18.1 Å². The summed E-state index contributed by atoms with van der Waals surface area (Å²) in [6.45, 7) is 2.85. The van der Waals surface area contributed by atoms with Crippen LogP contribution in [0.2, 0.25) is 0 Å². The normalized spacial score (nSPS) is 14.1. The summed E-state index contributed by atoms with van der Waals surface area (Å²) in [6, 6.07) is 6.23. The molecule has 35 heavy (non-hydrogen) atoms. The monoisotopic (exact) mass is 511 g/mol. The smallest absolute Gasteiger partial charge is 0.433 e. The first-order chi connectivity index (χ1) is 16.6. The molecule has 1 aromatic carbocycles. The topological polar surface area (TPSA) is 81.6 Å². The number of rotatable bonds is 10. The Morgan fingerprint density at radius 1 is 1.06 bits per heavy atom. The average molecular weight is 512 g/mol. The molecule has 11 heteroatoms. The van der Waals surface area contributed by atoms with E-state index in [1.165, 1.54) is 14.2 Å². The minimum atomic E-state index is -4.82. The Morgan fingerprint density at radius 2 is 1.80 bits per heavy atom. The number of hydrogen-bond acceptors (Lipinski definition) is 7. The molecule has 0 radical (unpaired) electrons. The average Bonchev–Trinajstić information content (AvgIpc) is 2.83. The Labute approximate surface area is 203 Å². The van der Waals surface area contributed by atoms with Crippen molar-refractivity contribution in [1.82, 2.24) is 14.9 Å². The van der Waals surface area contributed by atoms with E-state index in [0.29, 0.717) is 43.0 Å². The van der Waals surface area contributed by atoms with Gasteiger partial charge >= 0.3 is 6.18 Å². The molecule has 0 N–H and O–H groups in total. The highest BCUT2D eigenvalue weighted by atomic mass is 32.2. The fourth-order valence-electron chi connectivity index (χ4n) is 3.57. The molecule has 2 heterocycles. The van der Waals surface area contributed by atoms with Crippen LogP contribution in [0.5, 0.6) is 11.5 Å². The molecule has 0 spiro atoms. The van der Waals surface area contributed by atoms with Crippen LogP contribution in [0.15, 0.2) is 47.8 Å². The van der Waals surface area contributed by atoms with Gasteiger partial charge in [-0.25, -0.2) is 18.4 Å².